The van der Waals surface area contributed by atoms with Gasteiger partial charge in [0.25, 0.3) is 5.91 Å². The summed E-state index contributed by atoms with van der Waals surface area (Å²) in [6.45, 7) is 1.67. The number of para-hydroxylation sites is 1. The maximum Gasteiger partial charge on any atom is 0.332 e. The third-order valence-electron chi connectivity index (χ3n) is 5.63. The Morgan fingerprint density at radius 2 is 1.76 bits per heavy atom. The number of imide groups is 1. The number of hydrogen-bond donors (Lipinski definition) is 0. The zero-order valence-electron chi connectivity index (χ0n) is 15.8. The summed E-state index contributed by atoms with van der Waals surface area (Å²) in [5.41, 5.74) is 1.45. The van der Waals surface area contributed by atoms with Gasteiger partial charge in [-0.25, -0.2) is 19.7 Å². The van der Waals surface area contributed by atoms with Crippen LogP contribution in [0.5, 0.6) is 0 Å². The van der Waals surface area contributed by atoms with E-state index in [0.29, 0.717) is 5.69 Å². The van der Waals surface area contributed by atoms with Gasteiger partial charge < -0.3 is 9.80 Å². The standard InChI is InChI=1S/C21H20N6O2/c28-19-13-26(21(29)27(19)16-4-2-1-3-5-16)15-7-10-25(11-8-15)20-17-6-9-22-12-18(17)23-14-24-20/h1-6,9,12,14-15H,7-8,10-11,13H2. The summed E-state index contributed by atoms with van der Waals surface area (Å²) < 4.78 is 0. The lowest BCUT2D eigenvalue weighted by molar-refractivity contribution is -0.116. The molecule has 2 fully saturated rings. The van der Waals surface area contributed by atoms with Gasteiger partial charge in [-0.1, -0.05) is 18.2 Å². The predicted octanol–water partition coefficient (Wildman–Crippen LogP) is 2.46. The molecule has 5 rings (SSSR count). The molecule has 0 spiro atoms. The normalized spacial score (nSPS) is 18.1. The van der Waals surface area contributed by atoms with Crippen molar-refractivity contribution in [1.82, 2.24) is 19.9 Å². The minimum Gasteiger partial charge on any atom is -0.356 e. The number of piperidine rings is 1. The molecule has 8 heteroatoms. The van der Waals surface area contributed by atoms with E-state index in [1.807, 2.05) is 24.3 Å². The third kappa shape index (κ3) is 3.06. The lowest BCUT2D eigenvalue weighted by atomic mass is 10.0. The number of carbonyl (C=O) groups is 2. The lowest BCUT2D eigenvalue weighted by Gasteiger charge is -2.36. The Morgan fingerprint density at radius 1 is 0.966 bits per heavy atom. The highest BCUT2D eigenvalue weighted by Crippen LogP contribution is 2.29. The van der Waals surface area contributed by atoms with Gasteiger partial charge in [-0.05, 0) is 31.0 Å². The molecule has 0 atom stereocenters. The second kappa shape index (κ2) is 7.12. The molecular formula is C21H20N6O2. The fourth-order valence-electron chi connectivity index (χ4n) is 4.17. The van der Waals surface area contributed by atoms with Crippen molar-refractivity contribution in [3.63, 3.8) is 0 Å². The van der Waals surface area contributed by atoms with Crippen LogP contribution in [0.15, 0.2) is 55.1 Å². The number of nitrogens with zero attached hydrogens (tertiary/aromatic N) is 6. The number of aromatic nitrogens is 3. The quantitative estimate of drug-likeness (QED) is 0.641. The van der Waals surface area contributed by atoms with Crippen molar-refractivity contribution in [2.45, 2.75) is 18.9 Å². The largest absolute Gasteiger partial charge is 0.356 e. The van der Waals surface area contributed by atoms with Gasteiger partial charge in [0.15, 0.2) is 0 Å². The molecule has 2 saturated heterocycles. The maximum atomic E-state index is 12.9. The first-order chi connectivity index (χ1) is 14.2. The predicted molar refractivity (Wildman–Crippen MR) is 109 cm³/mol. The van der Waals surface area contributed by atoms with E-state index in [9.17, 15) is 9.59 Å². The fourth-order valence-corrected chi connectivity index (χ4v) is 4.17. The first-order valence-corrected chi connectivity index (χ1v) is 9.70. The number of hydrogen-bond acceptors (Lipinski definition) is 6. The minimum absolute atomic E-state index is 0.0474. The Balaban J connectivity index is 1.31. The second-order valence-corrected chi connectivity index (χ2v) is 7.28. The molecule has 0 bridgehead atoms. The van der Waals surface area contributed by atoms with Gasteiger partial charge in [-0.15, -0.1) is 0 Å². The average Bonchev–Trinajstić information content (AvgIpc) is 3.08. The van der Waals surface area contributed by atoms with E-state index >= 15 is 0 Å². The van der Waals surface area contributed by atoms with Crippen LogP contribution in [0, 0.1) is 0 Å². The van der Waals surface area contributed by atoms with Crippen LogP contribution in [-0.4, -0.2) is 57.5 Å². The summed E-state index contributed by atoms with van der Waals surface area (Å²) in [5.74, 6) is 0.725. The van der Waals surface area contributed by atoms with Crippen molar-refractivity contribution in [3.05, 3.63) is 55.1 Å². The molecule has 0 radical (unpaired) electrons. The zero-order chi connectivity index (χ0) is 19.8. The Bertz CT molecular complexity index is 1060. The summed E-state index contributed by atoms with van der Waals surface area (Å²) >= 11 is 0. The Kier molecular flexibility index (Phi) is 4.31. The lowest BCUT2D eigenvalue weighted by Crippen LogP contribution is -2.46. The van der Waals surface area contributed by atoms with Gasteiger partial charge in [0.1, 0.15) is 18.7 Å². The molecule has 29 heavy (non-hydrogen) atoms. The van der Waals surface area contributed by atoms with E-state index in [1.165, 1.54) is 4.90 Å². The molecule has 0 N–H and O–H groups in total. The second-order valence-electron chi connectivity index (χ2n) is 7.28. The Labute approximate surface area is 167 Å². The van der Waals surface area contributed by atoms with Crippen LogP contribution < -0.4 is 9.80 Å². The molecule has 4 heterocycles. The highest BCUT2D eigenvalue weighted by Gasteiger charge is 2.41. The first-order valence-electron chi connectivity index (χ1n) is 9.70. The maximum absolute atomic E-state index is 12.9. The fraction of sp³-hybridized carbons (Fsp3) is 0.286. The summed E-state index contributed by atoms with van der Waals surface area (Å²) in [6.07, 6.45) is 6.62. The Morgan fingerprint density at radius 3 is 2.55 bits per heavy atom. The number of rotatable bonds is 3. The molecule has 0 aliphatic carbocycles. The number of anilines is 2. The molecule has 2 aliphatic rings. The van der Waals surface area contributed by atoms with Crippen LogP contribution in [0.4, 0.5) is 16.3 Å². The van der Waals surface area contributed by atoms with Gasteiger partial charge in [-0.2, -0.15) is 0 Å². The number of amides is 3. The number of carbonyl (C=O) groups excluding carboxylic acids is 2. The molecule has 0 saturated carbocycles. The van der Waals surface area contributed by atoms with Crippen molar-refractivity contribution < 1.29 is 9.59 Å². The molecule has 2 aromatic heterocycles. The Hall–Kier alpha value is -3.55. The van der Waals surface area contributed by atoms with E-state index in [1.54, 1.807) is 35.8 Å². The monoisotopic (exact) mass is 388 g/mol. The topological polar surface area (TPSA) is 82.5 Å². The molecule has 3 aromatic rings. The van der Waals surface area contributed by atoms with Crippen LogP contribution in [0.3, 0.4) is 0 Å². The van der Waals surface area contributed by atoms with Gasteiger partial charge in [-0.3, -0.25) is 9.78 Å². The smallest absolute Gasteiger partial charge is 0.332 e. The molecule has 146 valence electrons. The number of pyridine rings is 1. The minimum atomic E-state index is -0.224. The van der Waals surface area contributed by atoms with Crippen molar-refractivity contribution in [1.29, 1.82) is 0 Å². The van der Waals surface area contributed by atoms with Crippen molar-refractivity contribution in [2.75, 3.05) is 29.4 Å². The van der Waals surface area contributed by atoms with Crippen LogP contribution in [0.25, 0.3) is 10.9 Å². The van der Waals surface area contributed by atoms with Gasteiger partial charge in [0, 0.05) is 30.7 Å². The highest BCUT2D eigenvalue weighted by atomic mass is 16.2. The molecule has 8 nitrogen and oxygen atoms in total. The van der Waals surface area contributed by atoms with E-state index in [-0.39, 0.29) is 24.5 Å². The van der Waals surface area contributed by atoms with Crippen molar-refractivity contribution >= 4 is 34.3 Å². The van der Waals surface area contributed by atoms with E-state index in [0.717, 1.165) is 42.7 Å². The van der Waals surface area contributed by atoms with Gasteiger partial charge >= 0.3 is 6.03 Å². The van der Waals surface area contributed by atoms with E-state index < -0.39 is 0 Å². The van der Waals surface area contributed by atoms with Crippen LogP contribution in [-0.2, 0) is 4.79 Å². The van der Waals surface area contributed by atoms with E-state index in [2.05, 4.69) is 19.9 Å². The number of benzene rings is 1. The SMILES string of the molecule is O=C1CN(C2CCN(c3ncnc4cnccc34)CC2)C(=O)N1c1ccccc1. The van der Waals surface area contributed by atoms with E-state index in [4.69, 9.17) is 0 Å². The molecule has 2 aliphatic heterocycles. The molecule has 0 unspecified atom stereocenters. The molecule has 3 amide bonds. The summed E-state index contributed by atoms with van der Waals surface area (Å²) in [4.78, 5) is 43.5. The summed E-state index contributed by atoms with van der Waals surface area (Å²) in [5, 5.41) is 0.976. The third-order valence-corrected chi connectivity index (χ3v) is 5.63. The van der Waals surface area contributed by atoms with Crippen LogP contribution in [0.2, 0.25) is 0 Å². The average molecular weight is 388 g/mol. The van der Waals surface area contributed by atoms with Crippen LogP contribution >= 0.6 is 0 Å². The van der Waals surface area contributed by atoms with Crippen LogP contribution in [0.1, 0.15) is 12.8 Å². The number of urea groups is 1. The molecule has 1 aromatic carbocycles. The summed E-state index contributed by atoms with van der Waals surface area (Å²) in [7, 11) is 0. The van der Waals surface area contributed by atoms with Gasteiger partial charge in [0.05, 0.1) is 17.4 Å². The first kappa shape index (κ1) is 17.5. The molecular weight excluding hydrogens is 368 g/mol. The number of fused-ring (bicyclic) bond motifs is 1. The van der Waals surface area contributed by atoms with Crippen molar-refractivity contribution in [2.24, 2.45) is 0 Å². The summed E-state index contributed by atoms with van der Waals surface area (Å²) in [6, 6.07) is 10.9. The highest BCUT2D eigenvalue weighted by molar-refractivity contribution is 6.19. The van der Waals surface area contributed by atoms with Gasteiger partial charge in [0.2, 0.25) is 0 Å². The van der Waals surface area contributed by atoms with Crippen molar-refractivity contribution in [3.8, 4) is 0 Å². The zero-order valence-corrected chi connectivity index (χ0v) is 15.8.